The molecule has 0 radical (unpaired) electrons. The Bertz CT molecular complexity index is 759. The first-order valence-electron chi connectivity index (χ1n) is 6.76. The zero-order chi connectivity index (χ0) is 16.3. The van der Waals surface area contributed by atoms with E-state index in [1.807, 2.05) is 36.7 Å². The first-order valence-corrected chi connectivity index (χ1v) is 6.76. The molecule has 2 rings (SSSR count). The summed E-state index contributed by atoms with van der Waals surface area (Å²) >= 11 is 0. The van der Waals surface area contributed by atoms with Crippen molar-refractivity contribution in [3.63, 3.8) is 0 Å². The Kier molecular flexibility index (Phi) is 4.50. The third-order valence-electron chi connectivity index (χ3n) is 3.57. The molecule has 1 aromatic heterocycles. The average Bonchev–Trinajstić information content (AvgIpc) is 2.74. The Hall–Kier alpha value is -2.76. The predicted octanol–water partition coefficient (Wildman–Crippen LogP) is 1.87. The lowest BCUT2D eigenvalue weighted by Crippen LogP contribution is -2.24. The van der Waals surface area contributed by atoms with Gasteiger partial charge in [-0.3, -0.25) is 4.79 Å². The molecular formula is C16H18N2O4. The van der Waals surface area contributed by atoms with Gasteiger partial charge in [-0.05, 0) is 25.1 Å². The molecule has 1 amide bonds. The first-order chi connectivity index (χ1) is 10.5. The number of nitrogens with one attached hydrogen (secondary N) is 1. The molecule has 0 aliphatic carbocycles. The molecule has 2 aromatic rings. The standard InChI is InChI=1S/C16H18N2O4/c1-10-15(16(21)17-8-4-5-14(19)20)12-9-11(22-3)6-7-13(12)18(10)2/h4-7,9H,8H2,1-3H3,(H,17,21)(H,19,20). The van der Waals surface area contributed by atoms with E-state index in [0.29, 0.717) is 11.3 Å². The summed E-state index contributed by atoms with van der Waals surface area (Å²) in [5.41, 5.74) is 2.34. The summed E-state index contributed by atoms with van der Waals surface area (Å²) in [7, 11) is 3.47. The molecule has 1 aromatic carbocycles. The van der Waals surface area contributed by atoms with E-state index < -0.39 is 5.97 Å². The highest BCUT2D eigenvalue weighted by molar-refractivity contribution is 6.08. The quantitative estimate of drug-likeness (QED) is 0.826. The third kappa shape index (κ3) is 2.95. The molecule has 0 saturated carbocycles. The fourth-order valence-electron chi connectivity index (χ4n) is 2.36. The first kappa shape index (κ1) is 15.6. The molecule has 6 heteroatoms. The zero-order valence-corrected chi connectivity index (χ0v) is 12.7. The number of methoxy groups -OCH3 is 1. The lowest BCUT2D eigenvalue weighted by molar-refractivity contribution is -0.131. The second-order valence-electron chi connectivity index (χ2n) is 4.85. The minimum absolute atomic E-state index is 0.158. The van der Waals surface area contributed by atoms with Crippen LogP contribution >= 0.6 is 0 Å². The largest absolute Gasteiger partial charge is 0.497 e. The van der Waals surface area contributed by atoms with E-state index >= 15 is 0 Å². The number of ether oxygens (including phenoxy) is 1. The highest BCUT2D eigenvalue weighted by atomic mass is 16.5. The molecule has 0 atom stereocenters. The number of rotatable bonds is 5. The van der Waals surface area contributed by atoms with E-state index in [0.717, 1.165) is 22.7 Å². The second kappa shape index (κ2) is 6.34. The SMILES string of the molecule is COc1ccc2c(c1)c(C(=O)NCC=CC(=O)O)c(C)n2C. The van der Waals surface area contributed by atoms with Gasteiger partial charge in [0.25, 0.3) is 5.91 Å². The fraction of sp³-hybridized carbons (Fsp3) is 0.250. The number of amides is 1. The number of aryl methyl sites for hydroxylation is 1. The Balaban J connectivity index is 2.35. The molecule has 6 nitrogen and oxygen atoms in total. The van der Waals surface area contributed by atoms with E-state index in [1.165, 1.54) is 6.08 Å². The van der Waals surface area contributed by atoms with Crippen molar-refractivity contribution < 1.29 is 19.4 Å². The van der Waals surface area contributed by atoms with Gasteiger partial charge in [0.1, 0.15) is 5.75 Å². The van der Waals surface area contributed by atoms with Gasteiger partial charge < -0.3 is 19.7 Å². The molecule has 1 heterocycles. The molecule has 0 aliphatic heterocycles. The van der Waals surface area contributed by atoms with Crippen LogP contribution in [0.25, 0.3) is 10.9 Å². The molecule has 0 spiro atoms. The van der Waals surface area contributed by atoms with E-state index in [9.17, 15) is 9.59 Å². The predicted molar refractivity (Wildman–Crippen MR) is 83.3 cm³/mol. The topological polar surface area (TPSA) is 80.6 Å². The molecule has 0 aliphatic rings. The van der Waals surface area contributed by atoms with Gasteiger partial charge in [-0.25, -0.2) is 4.79 Å². The molecule has 22 heavy (non-hydrogen) atoms. The van der Waals surface area contributed by atoms with Crippen LogP contribution in [0, 0.1) is 6.92 Å². The van der Waals surface area contributed by atoms with Crippen LogP contribution in [-0.2, 0) is 11.8 Å². The molecule has 0 saturated heterocycles. The van der Waals surface area contributed by atoms with Crippen molar-refractivity contribution in [1.82, 2.24) is 9.88 Å². The van der Waals surface area contributed by atoms with E-state index in [-0.39, 0.29) is 12.5 Å². The van der Waals surface area contributed by atoms with Crippen molar-refractivity contribution in [2.24, 2.45) is 7.05 Å². The summed E-state index contributed by atoms with van der Waals surface area (Å²) in [5.74, 6) is -0.607. The Morgan fingerprint density at radius 3 is 2.77 bits per heavy atom. The van der Waals surface area contributed by atoms with Gasteiger partial charge in [0.15, 0.2) is 0 Å². The van der Waals surface area contributed by atoms with Crippen LogP contribution in [0.3, 0.4) is 0 Å². The van der Waals surface area contributed by atoms with E-state index in [4.69, 9.17) is 9.84 Å². The smallest absolute Gasteiger partial charge is 0.328 e. The van der Waals surface area contributed by atoms with Gasteiger partial charge in [-0.2, -0.15) is 0 Å². The van der Waals surface area contributed by atoms with Crippen LogP contribution in [0.15, 0.2) is 30.4 Å². The number of benzene rings is 1. The van der Waals surface area contributed by atoms with Gasteiger partial charge in [-0.15, -0.1) is 0 Å². The summed E-state index contributed by atoms with van der Waals surface area (Å²) in [6, 6.07) is 5.58. The van der Waals surface area contributed by atoms with Crippen LogP contribution in [0.4, 0.5) is 0 Å². The van der Waals surface area contributed by atoms with Crippen LogP contribution in [0.1, 0.15) is 16.1 Å². The number of hydrogen-bond acceptors (Lipinski definition) is 3. The number of hydrogen-bond donors (Lipinski definition) is 2. The molecule has 0 bridgehead atoms. The van der Waals surface area contributed by atoms with Crippen molar-refractivity contribution in [2.75, 3.05) is 13.7 Å². The maximum absolute atomic E-state index is 12.4. The van der Waals surface area contributed by atoms with Crippen LogP contribution in [0.2, 0.25) is 0 Å². The maximum atomic E-state index is 12.4. The normalized spacial score (nSPS) is 11.0. The Labute approximate surface area is 128 Å². The molecule has 2 N–H and O–H groups in total. The van der Waals surface area contributed by atoms with Gasteiger partial charge in [0.05, 0.1) is 12.7 Å². The van der Waals surface area contributed by atoms with Crippen molar-refractivity contribution in [1.29, 1.82) is 0 Å². The Morgan fingerprint density at radius 2 is 2.14 bits per heavy atom. The number of aliphatic carboxylic acids is 1. The van der Waals surface area contributed by atoms with Crippen LogP contribution in [-0.4, -0.2) is 35.2 Å². The van der Waals surface area contributed by atoms with E-state index in [2.05, 4.69) is 5.32 Å². The molecule has 116 valence electrons. The monoisotopic (exact) mass is 302 g/mol. The van der Waals surface area contributed by atoms with Gasteiger partial charge in [0.2, 0.25) is 0 Å². The number of carbonyl (C=O) groups excluding carboxylic acids is 1. The number of carboxylic acids is 1. The van der Waals surface area contributed by atoms with Gasteiger partial charge >= 0.3 is 5.97 Å². The highest BCUT2D eigenvalue weighted by Crippen LogP contribution is 2.28. The molecule has 0 fully saturated rings. The lowest BCUT2D eigenvalue weighted by Gasteiger charge is -2.04. The summed E-state index contributed by atoms with van der Waals surface area (Å²) in [5, 5.41) is 12.0. The average molecular weight is 302 g/mol. The minimum atomic E-state index is -1.04. The number of fused-ring (bicyclic) bond motifs is 1. The summed E-state index contributed by atoms with van der Waals surface area (Å²) in [6.07, 6.45) is 2.39. The molecule has 0 unspecified atom stereocenters. The summed E-state index contributed by atoms with van der Waals surface area (Å²) in [4.78, 5) is 22.8. The van der Waals surface area contributed by atoms with Crippen molar-refractivity contribution in [3.05, 3.63) is 41.6 Å². The van der Waals surface area contributed by atoms with Gasteiger partial charge in [-0.1, -0.05) is 6.08 Å². The van der Waals surface area contributed by atoms with Crippen LogP contribution in [0.5, 0.6) is 5.75 Å². The fourth-order valence-corrected chi connectivity index (χ4v) is 2.36. The number of aromatic nitrogens is 1. The second-order valence-corrected chi connectivity index (χ2v) is 4.85. The minimum Gasteiger partial charge on any atom is -0.497 e. The van der Waals surface area contributed by atoms with Crippen molar-refractivity contribution in [2.45, 2.75) is 6.92 Å². The third-order valence-corrected chi connectivity index (χ3v) is 3.57. The van der Waals surface area contributed by atoms with Crippen molar-refractivity contribution >= 4 is 22.8 Å². The van der Waals surface area contributed by atoms with Crippen LogP contribution < -0.4 is 10.1 Å². The molecular weight excluding hydrogens is 284 g/mol. The van der Waals surface area contributed by atoms with E-state index in [1.54, 1.807) is 7.11 Å². The number of carboxylic acid groups (broad SMARTS) is 1. The number of nitrogens with zero attached hydrogens (tertiary/aromatic N) is 1. The van der Waals surface area contributed by atoms with Crippen molar-refractivity contribution in [3.8, 4) is 5.75 Å². The highest BCUT2D eigenvalue weighted by Gasteiger charge is 2.18. The lowest BCUT2D eigenvalue weighted by atomic mass is 10.1. The maximum Gasteiger partial charge on any atom is 0.328 e. The Morgan fingerprint density at radius 1 is 1.41 bits per heavy atom. The zero-order valence-electron chi connectivity index (χ0n) is 12.7. The summed E-state index contributed by atoms with van der Waals surface area (Å²) < 4.78 is 7.15. The number of carbonyl (C=O) groups is 2. The summed E-state index contributed by atoms with van der Waals surface area (Å²) in [6.45, 7) is 2.03. The van der Waals surface area contributed by atoms with Gasteiger partial charge in [0, 0.05) is 36.3 Å².